The number of alkyl halides is 2. The number of halogens is 5. The Balaban J connectivity index is 1.78. The van der Waals surface area contributed by atoms with Gasteiger partial charge in [-0.2, -0.15) is 0 Å². The summed E-state index contributed by atoms with van der Waals surface area (Å²) in [5.41, 5.74) is -1.11. The number of carbonyl (C=O) groups is 3. The van der Waals surface area contributed by atoms with Crippen LogP contribution in [0.25, 0.3) is 0 Å². The maximum atomic E-state index is 15.0. The molecule has 3 N–H and O–H groups in total. The van der Waals surface area contributed by atoms with Crippen molar-refractivity contribution in [3.05, 3.63) is 52.6 Å². The first kappa shape index (κ1) is 27.5. The van der Waals surface area contributed by atoms with Crippen LogP contribution in [0.2, 0.25) is 5.02 Å². The van der Waals surface area contributed by atoms with Crippen LogP contribution in [0, 0.1) is 17.6 Å². The van der Waals surface area contributed by atoms with E-state index in [9.17, 15) is 27.7 Å². The monoisotopic (exact) mass is 565 g/mol. The molecule has 35 heavy (non-hydrogen) atoms. The largest absolute Gasteiger partial charge is 0.616 e. The summed E-state index contributed by atoms with van der Waals surface area (Å²) in [5.74, 6) is -4.87. The standard InChI is InChI=1S/C22H20Cl3F2N3O4S/c1-3-35(34)10(2)19(31)30-18-15(26)6-7-16(17(18)27)29-20(32)12-8-11(4-5-14(12)23)28-21(33)13-9-22(13,24)25/h4-8,10,13H,3,9H2,1-2H3,(H,28,33)(H,29,32)(H,30,31). The van der Waals surface area contributed by atoms with Crippen LogP contribution in [0.1, 0.15) is 30.6 Å². The molecule has 1 saturated carbocycles. The van der Waals surface area contributed by atoms with Gasteiger partial charge in [0.1, 0.15) is 21.6 Å². The lowest BCUT2D eigenvalue weighted by Crippen LogP contribution is -2.34. The van der Waals surface area contributed by atoms with E-state index in [4.69, 9.17) is 34.8 Å². The molecular formula is C22H20Cl3F2N3O4S. The molecule has 0 radical (unpaired) electrons. The molecule has 3 rings (SSSR count). The van der Waals surface area contributed by atoms with Crippen molar-refractivity contribution >= 4 is 80.8 Å². The van der Waals surface area contributed by atoms with E-state index in [1.54, 1.807) is 6.92 Å². The topological polar surface area (TPSA) is 110 Å². The Kier molecular flexibility index (Phi) is 8.54. The summed E-state index contributed by atoms with van der Waals surface area (Å²) >= 11 is 16.4. The maximum absolute atomic E-state index is 15.0. The highest BCUT2D eigenvalue weighted by Crippen LogP contribution is 2.53. The summed E-state index contributed by atoms with van der Waals surface area (Å²) in [6, 6.07) is 5.91. The Bertz CT molecular complexity index is 1180. The van der Waals surface area contributed by atoms with Crippen LogP contribution in [0.3, 0.4) is 0 Å². The fourth-order valence-corrected chi connectivity index (χ4v) is 4.56. The van der Waals surface area contributed by atoms with Crippen LogP contribution in [0.15, 0.2) is 30.3 Å². The zero-order valence-electron chi connectivity index (χ0n) is 18.4. The highest BCUT2D eigenvalue weighted by Gasteiger charge is 2.56. The van der Waals surface area contributed by atoms with Crippen molar-refractivity contribution in [2.45, 2.75) is 29.9 Å². The lowest BCUT2D eigenvalue weighted by Gasteiger charge is -2.17. The van der Waals surface area contributed by atoms with Gasteiger partial charge in [0.2, 0.25) is 5.91 Å². The summed E-state index contributed by atoms with van der Waals surface area (Å²) < 4.78 is 39.9. The van der Waals surface area contributed by atoms with Crippen LogP contribution < -0.4 is 16.0 Å². The fraction of sp³-hybridized carbons (Fsp3) is 0.318. The lowest BCUT2D eigenvalue weighted by atomic mass is 10.1. The first-order chi connectivity index (χ1) is 16.4. The maximum Gasteiger partial charge on any atom is 0.277 e. The molecule has 0 saturated heterocycles. The van der Waals surface area contributed by atoms with E-state index in [-0.39, 0.29) is 22.0 Å². The molecule has 0 heterocycles. The summed E-state index contributed by atoms with van der Waals surface area (Å²) in [4.78, 5) is 37.2. The van der Waals surface area contributed by atoms with Crippen molar-refractivity contribution in [3.63, 3.8) is 0 Å². The van der Waals surface area contributed by atoms with Crippen molar-refractivity contribution < 1.29 is 27.7 Å². The second kappa shape index (κ2) is 10.9. The van der Waals surface area contributed by atoms with Gasteiger partial charge in [0.25, 0.3) is 11.8 Å². The molecule has 2 aromatic carbocycles. The molecule has 0 bridgehead atoms. The second-order valence-corrected chi connectivity index (χ2v) is 11.7. The van der Waals surface area contributed by atoms with Gasteiger partial charge in [-0.05, 0) is 61.8 Å². The normalized spacial score (nSPS) is 17.8. The molecule has 2 aromatic rings. The number of hydrogen-bond acceptors (Lipinski definition) is 4. The van der Waals surface area contributed by atoms with E-state index in [1.807, 2.05) is 0 Å². The molecular weight excluding hydrogens is 547 g/mol. The number of benzene rings is 2. The molecule has 13 heteroatoms. The minimum Gasteiger partial charge on any atom is -0.616 e. The van der Waals surface area contributed by atoms with Gasteiger partial charge in [0.05, 0.1) is 22.2 Å². The number of hydrogen-bond donors (Lipinski definition) is 3. The first-order valence-electron chi connectivity index (χ1n) is 10.3. The van der Waals surface area contributed by atoms with Crippen LogP contribution in [-0.2, 0) is 20.8 Å². The molecule has 0 aromatic heterocycles. The van der Waals surface area contributed by atoms with Gasteiger partial charge in [-0.1, -0.05) is 11.6 Å². The molecule has 1 aliphatic rings. The van der Waals surface area contributed by atoms with E-state index in [0.29, 0.717) is 6.42 Å². The Hall–Kier alpha value is -2.11. The molecule has 7 nitrogen and oxygen atoms in total. The quantitative estimate of drug-likeness (QED) is 0.305. The molecule has 0 aliphatic heterocycles. The third-order valence-electron chi connectivity index (χ3n) is 5.26. The second-order valence-electron chi connectivity index (χ2n) is 7.74. The SMILES string of the molecule is CC[S+]([O-])C(C)C(=O)Nc1c(F)ccc(NC(=O)c2cc(NC(=O)C3CC3(Cl)Cl)ccc2Cl)c1F. The third-order valence-corrected chi connectivity index (χ3v) is 7.99. The zero-order valence-corrected chi connectivity index (χ0v) is 21.5. The van der Waals surface area contributed by atoms with Crippen molar-refractivity contribution in [2.75, 3.05) is 21.7 Å². The third kappa shape index (κ3) is 6.37. The summed E-state index contributed by atoms with van der Waals surface area (Å²) in [6.45, 7) is 2.98. The Morgan fingerprint density at radius 2 is 1.83 bits per heavy atom. The molecule has 3 unspecified atom stereocenters. The molecule has 0 spiro atoms. The Morgan fingerprint density at radius 3 is 2.43 bits per heavy atom. The van der Waals surface area contributed by atoms with Gasteiger partial charge in [0, 0.05) is 5.69 Å². The number of amides is 3. The van der Waals surface area contributed by atoms with Crippen LogP contribution in [0.4, 0.5) is 25.8 Å². The van der Waals surface area contributed by atoms with Crippen LogP contribution >= 0.6 is 34.8 Å². The lowest BCUT2D eigenvalue weighted by molar-refractivity contribution is -0.117. The van der Waals surface area contributed by atoms with Gasteiger partial charge < -0.3 is 20.5 Å². The molecule has 3 atom stereocenters. The average molecular weight is 567 g/mol. The minimum atomic E-state index is -1.53. The van der Waals surface area contributed by atoms with E-state index in [0.717, 1.165) is 12.1 Å². The van der Waals surface area contributed by atoms with Gasteiger partial charge in [-0.25, -0.2) is 8.78 Å². The number of carbonyl (C=O) groups excluding carboxylic acids is 3. The summed E-state index contributed by atoms with van der Waals surface area (Å²) in [6.07, 6.45) is 0.290. The smallest absolute Gasteiger partial charge is 0.277 e. The number of anilines is 3. The van der Waals surface area contributed by atoms with Gasteiger partial charge >= 0.3 is 0 Å². The number of nitrogens with one attached hydrogen (secondary N) is 3. The number of rotatable bonds is 8. The van der Waals surface area contributed by atoms with Crippen molar-refractivity contribution in [3.8, 4) is 0 Å². The molecule has 1 fully saturated rings. The zero-order chi connectivity index (χ0) is 26.1. The van der Waals surface area contributed by atoms with Crippen molar-refractivity contribution in [2.24, 2.45) is 5.92 Å². The molecule has 1 aliphatic carbocycles. The molecule has 3 amide bonds. The minimum absolute atomic E-state index is 0.00266. The first-order valence-corrected chi connectivity index (χ1v) is 12.8. The van der Waals surface area contributed by atoms with Crippen LogP contribution in [-0.4, -0.2) is 37.6 Å². The van der Waals surface area contributed by atoms with Crippen molar-refractivity contribution in [1.82, 2.24) is 0 Å². The average Bonchev–Trinajstić information content (AvgIpc) is 3.46. The van der Waals surface area contributed by atoms with E-state index >= 15 is 0 Å². The van der Waals surface area contributed by atoms with E-state index < -0.39 is 67.4 Å². The van der Waals surface area contributed by atoms with Crippen molar-refractivity contribution in [1.29, 1.82) is 0 Å². The van der Waals surface area contributed by atoms with E-state index in [2.05, 4.69) is 16.0 Å². The van der Waals surface area contributed by atoms with Crippen LogP contribution in [0.5, 0.6) is 0 Å². The fourth-order valence-electron chi connectivity index (χ4n) is 3.05. The summed E-state index contributed by atoms with van der Waals surface area (Å²) in [7, 11) is 0. The van der Waals surface area contributed by atoms with Gasteiger partial charge in [0.15, 0.2) is 11.1 Å². The van der Waals surface area contributed by atoms with E-state index in [1.165, 1.54) is 25.1 Å². The predicted molar refractivity (Wildman–Crippen MR) is 134 cm³/mol. The van der Waals surface area contributed by atoms with Gasteiger partial charge in [-0.3, -0.25) is 14.4 Å². The predicted octanol–water partition coefficient (Wildman–Crippen LogP) is 5.10. The highest BCUT2D eigenvalue weighted by molar-refractivity contribution is 7.92. The van der Waals surface area contributed by atoms with Gasteiger partial charge in [-0.15, -0.1) is 23.2 Å². The Labute approximate surface area is 218 Å². The highest BCUT2D eigenvalue weighted by atomic mass is 35.5. The summed E-state index contributed by atoms with van der Waals surface area (Å²) in [5, 5.41) is 5.93. The molecule has 188 valence electrons. The Morgan fingerprint density at radius 1 is 1.17 bits per heavy atom.